The predicted molar refractivity (Wildman–Crippen MR) is 110 cm³/mol. The predicted octanol–water partition coefficient (Wildman–Crippen LogP) is 3.91. The quantitative estimate of drug-likeness (QED) is 0.308. The monoisotopic (exact) mass is 462 g/mol. The number of benzene rings is 2. The highest BCUT2D eigenvalue weighted by molar-refractivity contribution is 5.94. The van der Waals surface area contributed by atoms with Gasteiger partial charge in [0.05, 0.1) is 22.4 Å². The second-order valence-electron chi connectivity index (χ2n) is 6.82. The average molecular weight is 462 g/mol. The van der Waals surface area contributed by atoms with Crippen LogP contribution < -0.4 is 5.32 Å². The summed E-state index contributed by atoms with van der Waals surface area (Å²) >= 11 is 0. The lowest BCUT2D eigenvalue weighted by Crippen LogP contribution is -2.21. The maximum atomic E-state index is 12.7. The van der Waals surface area contributed by atoms with Crippen molar-refractivity contribution in [3.63, 3.8) is 0 Å². The van der Waals surface area contributed by atoms with Gasteiger partial charge in [-0.1, -0.05) is 18.2 Å². The van der Waals surface area contributed by atoms with Gasteiger partial charge in [-0.3, -0.25) is 19.7 Å². The lowest BCUT2D eigenvalue weighted by molar-refractivity contribution is -0.384. The molecule has 33 heavy (non-hydrogen) atoms. The largest absolute Gasteiger partial charge is 0.456 e. The summed E-state index contributed by atoms with van der Waals surface area (Å²) in [7, 11) is 0. The van der Waals surface area contributed by atoms with Crippen LogP contribution in [0.5, 0.6) is 0 Å². The third-order valence-electron chi connectivity index (χ3n) is 4.43. The molecule has 0 fully saturated rings. The Kier molecular flexibility index (Phi) is 7.06. The molecule has 0 aliphatic rings. The maximum Gasteiger partial charge on any atom is 0.416 e. The lowest BCUT2D eigenvalue weighted by Gasteiger charge is -2.10. The minimum absolute atomic E-state index is 0.0474. The Hall–Kier alpha value is -4.22. The molecule has 3 rings (SSSR count). The van der Waals surface area contributed by atoms with Crippen molar-refractivity contribution in [2.45, 2.75) is 19.0 Å². The number of nitrogens with zero attached hydrogens (tertiary/aromatic N) is 3. The van der Waals surface area contributed by atoms with Gasteiger partial charge in [-0.05, 0) is 36.2 Å². The molecule has 12 heteroatoms. The number of anilines is 1. The molecule has 1 aromatic heterocycles. The normalized spacial score (nSPS) is 11.1. The summed E-state index contributed by atoms with van der Waals surface area (Å²) in [4.78, 5) is 33.9. The smallest absolute Gasteiger partial charge is 0.416 e. The highest BCUT2D eigenvalue weighted by Crippen LogP contribution is 2.34. The van der Waals surface area contributed by atoms with Crippen molar-refractivity contribution < 1.29 is 32.4 Å². The number of ether oxygens (including phenoxy) is 1. The van der Waals surface area contributed by atoms with E-state index < -0.39 is 46.5 Å². The van der Waals surface area contributed by atoms with Gasteiger partial charge in [0.15, 0.2) is 6.61 Å². The van der Waals surface area contributed by atoms with Crippen molar-refractivity contribution in [2.75, 3.05) is 11.9 Å². The third-order valence-corrected chi connectivity index (χ3v) is 4.43. The first-order valence-electron chi connectivity index (χ1n) is 9.53. The van der Waals surface area contributed by atoms with Crippen molar-refractivity contribution in [2.24, 2.45) is 0 Å². The third kappa shape index (κ3) is 6.38. The number of para-hydroxylation sites is 1. The van der Waals surface area contributed by atoms with Crippen LogP contribution in [0.2, 0.25) is 0 Å². The highest BCUT2D eigenvalue weighted by atomic mass is 19.4. The van der Waals surface area contributed by atoms with Gasteiger partial charge in [-0.15, -0.1) is 0 Å². The van der Waals surface area contributed by atoms with E-state index in [0.717, 1.165) is 17.3 Å². The fourth-order valence-electron chi connectivity index (χ4n) is 2.83. The van der Waals surface area contributed by atoms with E-state index in [4.69, 9.17) is 4.74 Å². The average Bonchev–Trinajstić information content (AvgIpc) is 3.25. The number of hydrogen-bond acceptors (Lipinski definition) is 6. The summed E-state index contributed by atoms with van der Waals surface area (Å²) in [6, 6.07) is 11.0. The molecule has 0 bridgehead atoms. The zero-order valence-electron chi connectivity index (χ0n) is 16.9. The van der Waals surface area contributed by atoms with E-state index in [-0.39, 0.29) is 6.42 Å². The molecule has 1 amide bonds. The van der Waals surface area contributed by atoms with Gasteiger partial charge in [0.2, 0.25) is 0 Å². The van der Waals surface area contributed by atoms with Gasteiger partial charge in [0.25, 0.3) is 11.6 Å². The lowest BCUT2D eigenvalue weighted by atomic mass is 10.1. The molecule has 1 N–H and O–H groups in total. The van der Waals surface area contributed by atoms with Crippen LogP contribution in [0.4, 0.5) is 24.5 Å². The van der Waals surface area contributed by atoms with Crippen LogP contribution in [-0.4, -0.2) is 33.2 Å². The molecule has 2 aromatic carbocycles. The zero-order chi connectivity index (χ0) is 24.0. The van der Waals surface area contributed by atoms with Crippen molar-refractivity contribution >= 4 is 23.3 Å². The Bertz CT molecular complexity index is 1160. The Labute approximate surface area is 184 Å². The summed E-state index contributed by atoms with van der Waals surface area (Å²) in [5.74, 6) is -1.62. The van der Waals surface area contributed by atoms with Gasteiger partial charge < -0.3 is 10.1 Å². The zero-order valence-corrected chi connectivity index (χ0v) is 16.9. The van der Waals surface area contributed by atoms with Gasteiger partial charge in [-0.2, -0.15) is 18.3 Å². The number of aryl methyl sites for hydroxylation is 1. The standard InChI is InChI=1S/C21H17F3N4O5/c22-21(23,24)15-7-8-17(18(10-15)28(31)32)26-19(29)13-33-20(30)9-6-14-11-25-27(12-14)16-4-2-1-3-5-16/h1-5,7-8,10-12H,6,9,13H2,(H,26,29). The van der Waals surface area contributed by atoms with Crippen molar-refractivity contribution in [3.8, 4) is 5.69 Å². The van der Waals surface area contributed by atoms with E-state index in [2.05, 4.69) is 10.4 Å². The number of hydrogen-bond donors (Lipinski definition) is 1. The first-order chi connectivity index (χ1) is 15.6. The molecule has 0 atom stereocenters. The Morgan fingerprint density at radius 1 is 1.15 bits per heavy atom. The van der Waals surface area contributed by atoms with Crippen LogP contribution in [0.25, 0.3) is 5.69 Å². The number of aromatic nitrogens is 2. The number of alkyl halides is 3. The summed E-state index contributed by atoms with van der Waals surface area (Å²) in [5, 5.41) is 17.3. The van der Waals surface area contributed by atoms with Crippen LogP contribution in [0.15, 0.2) is 60.9 Å². The van der Waals surface area contributed by atoms with Crippen LogP contribution >= 0.6 is 0 Å². The number of esters is 1. The Balaban J connectivity index is 1.50. The SMILES string of the molecule is O=C(COC(=O)CCc1cnn(-c2ccccc2)c1)Nc1ccc(C(F)(F)F)cc1[N+](=O)[O-]. The molecule has 0 saturated carbocycles. The van der Waals surface area contributed by atoms with E-state index in [9.17, 15) is 32.9 Å². The maximum absolute atomic E-state index is 12.7. The summed E-state index contributed by atoms with van der Waals surface area (Å²) < 4.78 is 44.7. The first-order valence-corrected chi connectivity index (χ1v) is 9.53. The van der Waals surface area contributed by atoms with Crippen LogP contribution in [0, 0.1) is 10.1 Å². The summed E-state index contributed by atoms with van der Waals surface area (Å²) in [6.45, 7) is -0.750. The number of halogens is 3. The number of nitro groups is 1. The summed E-state index contributed by atoms with van der Waals surface area (Å²) in [5.41, 5.74) is -0.988. The molecular formula is C21H17F3N4O5. The van der Waals surface area contributed by atoms with Crippen molar-refractivity contribution in [3.05, 3.63) is 82.2 Å². The molecule has 0 spiro atoms. The second kappa shape index (κ2) is 9.94. The summed E-state index contributed by atoms with van der Waals surface area (Å²) in [6.07, 6.45) is -1.18. The molecule has 9 nitrogen and oxygen atoms in total. The highest BCUT2D eigenvalue weighted by Gasteiger charge is 2.33. The van der Waals surface area contributed by atoms with Crippen molar-refractivity contribution in [1.82, 2.24) is 9.78 Å². The first kappa shape index (κ1) is 23.4. The topological polar surface area (TPSA) is 116 Å². The van der Waals surface area contributed by atoms with Crippen molar-refractivity contribution in [1.29, 1.82) is 0 Å². The molecule has 0 unspecified atom stereocenters. The molecule has 1 heterocycles. The van der Waals surface area contributed by atoms with Crippen LogP contribution in [-0.2, 0) is 26.9 Å². The minimum atomic E-state index is -4.78. The van der Waals surface area contributed by atoms with Gasteiger partial charge in [-0.25, -0.2) is 4.68 Å². The minimum Gasteiger partial charge on any atom is -0.456 e. The number of nitro benzene ring substituents is 1. The molecule has 0 aliphatic heterocycles. The van der Waals surface area contributed by atoms with Crippen LogP contribution in [0.1, 0.15) is 17.5 Å². The molecule has 0 aliphatic carbocycles. The second-order valence-corrected chi connectivity index (χ2v) is 6.82. The van der Waals surface area contributed by atoms with E-state index in [1.807, 2.05) is 30.3 Å². The number of carbonyl (C=O) groups is 2. The van der Waals surface area contributed by atoms with Gasteiger partial charge >= 0.3 is 12.1 Å². The van der Waals surface area contributed by atoms with Crippen LogP contribution in [0.3, 0.4) is 0 Å². The van der Waals surface area contributed by atoms with Gasteiger partial charge in [0.1, 0.15) is 5.69 Å². The fraction of sp³-hybridized carbons (Fsp3) is 0.190. The number of rotatable bonds is 8. The Morgan fingerprint density at radius 3 is 2.55 bits per heavy atom. The molecule has 172 valence electrons. The van der Waals surface area contributed by atoms with E-state index >= 15 is 0 Å². The van der Waals surface area contributed by atoms with E-state index in [0.29, 0.717) is 18.6 Å². The van der Waals surface area contributed by atoms with Gasteiger partial charge in [0, 0.05) is 18.7 Å². The molecule has 0 radical (unpaired) electrons. The molecule has 0 saturated heterocycles. The van der Waals surface area contributed by atoms with E-state index in [1.54, 1.807) is 17.1 Å². The Morgan fingerprint density at radius 2 is 1.88 bits per heavy atom. The fourth-order valence-corrected chi connectivity index (χ4v) is 2.83. The number of nitrogens with one attached hydrogen (secondary N) is 1. The van der Waals surface area contributed by atoms with E-state index in [1.165, 1.54) is 0 Å². The number of carbonyl (C=O) groups excluding carboxylic acids is 2. The molecule has 3 aromatic rings. The molecular weight excluding hydrogens is 445 g/mol. The number of amides is 1.